The summed E-state index contributed by atoms with van der Waals surface area (Å²) in [7, 11) is 0. The standard InChI is InChI=1S/C17H22INO4/c1-4-6-7-15(18)16(23-12(3)20)13-8-10-14(11-9-13)19-17(21)22-5-2/h8-11H,4-7H2,1-3H3,(H,19,21)/b16-15+. The van der Waals surface area contributed by atoms with Gasteiger partial charge in [-0.05, 0) is 66.6 Å². The van der Waals surface area contributed by atoms with Gasteiger partial charge in [0.2, 0.25) is 0 Å². The monoisotopic (exact) mass is 431 g/mol. The lowest BCUT2D eigenvalue weighted by molar-refractivity contribution is -0.134. The van der Waals surface area contributed by atoms with Gasteiger partial charge in [-0.1, -0.05) is 13.3 Å². The number of esters is 1. The Labute approximate surface area is 150 Å². The Morgan fingerprint density at radius 1 is 1.17 bits per heavy atom. The van der Waals surface area contributed by atoms with Gasteiger partial charge in [0.25, 0.3) is 0 Å². The van der Waals surface area contributed by atoms with Crippen LogP contribution in [0.2, 0.25) is 0 Å². The summed E-state index contributed by atoms with van der Waals surface area (Å²) in [5, 5.41) is 2.63. The lowest BCUT2D eigenvalue weighted by Gasteiger charge is -2.12. The maximum Gasteiger partial charge on any atom is 0.411 e. The Kier molecular flexibility index (Phi) is 8.68. The van der Waals surface area contributed by atoms with E-state index in [1.807, 2.05) is 12.1 Å². The molecule has 6 heteroatoms. The van der Waals surface area contributed by atoms with Gasteiger partial charge >= 0.3 is 12.1 Å². The van der Waals surface area contributed by atoms with Gasteiger partial charge < -0.3 is 9.47 Å². The minimum atomic E-state index is -0.492. The minimum absolute atomic E-state index is 0.318. The number of benzene rings is 1. The number of carbonyl (C=O) groups is 2. The topological polar surface area (TPSA) is 64.6 Å². The number of nitrogens with one attached hydrogen (secondary N) is 1. The summed E-state index contributed by atoms with van der Waals surface area (Å²) >= 11 is 2.22. The van der Waals surface area contributed by atoms with E-state index < -0.39 is 6.09 Å². The van der Waals surface area contributed by atoms with E-state index in [2.05, 4.69) is 34.8 Å². The second-order valence-corrected chi connectivity index (χ2v) is 6.16. The Hall–Kier alpha value is -1.57. The molecule has 126 valence electrons. The predicted octanol–water partition coefficient (Wildman–Crippen LogP) is 5.11. The molecule has 0 saturated heterocycles. The molecule has 0 aliphatic heterocycles. The van der Waals surface area contributed by atoms with Crippen molar-refractivity contribution in [2.45, 2.75) is 40.0 Å². The van der Waals surface area contributed by atoms with Crippen molar-refractivity contribution in [2.24, 2.45) is 0 Å². The molecule has 5 nitrogen and oxygen atoms in total. The number of rotatable bonds is 7. The Morgan fingerprint density at radius 2 is 1.83 bits per heavy atom. The van der Waals surface area contributed by atoms with Crippen LogP contribution in [0.3, 0.4) is 0 Å². The van der Waals surface area contributed by atoms with Gasteiger partial charge in [-0.25, -0.2) is 4.79 Å². The first kappa shape index (κ1) is 19.5. The largest absolute Gasteiger partial charge is 0.450 e. The van der Waals surface area contributed by atoms with Gasteiger partial charge in [-0.3, -0.25) is 10.1 Å². The van der Waals surface area contributed by atoms with Crippen molar-refractivity contribution in [1.29, 1.82) is 0 Å². The molecule has 0 spiro atoms. The van der Waals surface area contributed by atoms with E-state index in [1.54, 1.807) is 19.1 Å². The van der Waals surface area contributed by atoms with Crippen LogP contribution in [0, 0.1) is 0 Å². The van der Waals surface area contributed by atoms with Crippen molar-refractivity contribution in [3.05, 3.63) is 33.4 Å². The van der Waals surface area contributed by atoms with E-state index in [-0.39, 0.29) is 5.97 Å². The second-order valence-electron chi connectivity index (χ2n) is 4.85. The molecule has 0 aromatic heterocycles. The third kappa shape index (κ3) is 7.02. The molecule has 0 saturated carbocycles. The zero-order chi connectivity index (χ0) is 17.2. The van der Waals surface area contributed by atoms with Crippen LogP contribution in [0.15, 0.2) is 27.8 Å². The van der Waals surface area contributed by atoms with E-state index in [9.17, 15) is 9.59 Å². The molecule has 1 N–H and O–H groups in total. The number of hydrogen-bond donors (Lipinski definition) is 1. The van der Waals surface area contributed by atoms with Crippen LogP contribution in [0.25, 0.3) is 5.76 Å². The summed E-state index contributed by atoms with van der Waals surface area (Å²) in [6.45, 7) is 5.57. The molecule has 0 unspecified atom stereocenters. The fourth-order valence-corrected chi connectivity index (χ4v) is 2.65. The number of hydrogen-bond acceptors (Lipinski definition) is 4. The lowest BCUT2D eigenvalue weighted by Crippen LogP contribution is -2.13. The van der Waals surface area contributed by atoms with Gasteiger partial charge in [0.05, 0.1) is 6.61 Å². The van der Waals surface area contributed by atoms with Gasteiger partial charge in [-0.15, -0.1) is 0 Å². The molecule has 0 bridgehead atoms. The molecule has 0 fully saturated rings. The lowest BCUT2D eigenvalue weighted by atomic mass is 10.1. The van der Waals surface area contributed by atoms with Crippen LogP contribution < -0.4 is 5.32 Å². The first-order valence-electron chi connectivity index (χ1n) is 7.59. The third-order valence-electron chi connectivity index (χ3n) is 2.91. The molecule has 0 aliphatic carbocycles. The van der Waals surface area contributed by atoms with Gasteiger partial charge in [0.1, 0.15) is 5.76 Å². The average molecular weight is 431 g/mol. The fraction of sp³-hybridized carbons (Fsp3) is 0.412. The summed E-state index contributed by atoms with van der Waals surface area (Å²) < 4.78 is 11.2. The van der Waals surface area contributed by atoms with Gasteiger partial charge in [-0.2, -0.15) is 0 Å². The highest BCUT2D eigenvalue weighted by Gasteiger charge is 2.12. The SMILES string of the molecule is CCCC/C(I)=C(\OC(C)=O)c1ccc(NC(=O)OCC)cc1. The van der Waals surface area contributed by atoms with Crippen LogP contribution in [-0.4, -0.2) is 18.7 Å². The number of anilines is 1. The highest BCUT2D eigenvalue weighted by atomic mass is 127. The summed E-state index contributed by atoms with van der Waals surface area (Å²) in [6.07, 6.45) is 2.48. The van der Waals surface area contributed by atoms with Crippen LogP contribution in [-0.2, 0) is 14.3 Å². The predicted molar refractivity (Wildman–Crippen MR) is 99.3 cm³/mol. The number of ether oxygens (including phenoxy) is 2. The van der Waals surface area contributed by atoms with E-state index in [1.165, 1.54) is 6.92 Å². The third-order valence-corrected chi connectivity index (χ3v) is 3.94. The van der Waals surface area contributed by atoms with E-state index in [4.69, 9.17) is 9.47 Å². The molecule has 0 heterocycles. The fourth-order valence-electron chi connectivity index (χ4n) is 1.85. The molecule has 1 amide bonds. The first-order chi connectivity index (χ1) is 11.0. The number of halogens is 1. The van der Waals surface area contributed by atoms with Crippen molar-refractivity contribution >= 4 is 46.1 Å². The van der Waals surface area contributed by atoms with Gasteiger partial charge in [0.15, 0.2) is 0 Å². The highest BCUT2D eigenvalue weighted by Crippen LogP contribution is 2.29. The highest BCUT2D eigenvalue weighted by molar-refractivity contribution is 14.1. The molecule has 1 aromatic carbocycles. The zero-order valence-corrected chi connectivity index (χ0v) is 15.8. The second kappa shape index (κ2) is 10.3. The maximum absolute atomic E-state index is 11.4. The Balaban J connectivity index is 2.95. The maximum atomic E-state index is 11.4. The van der Waals surface area contributed by atoms with Crippen molar-refractivity contribution in [3.8, 4) is 0 Å². The molecule has 0 atom stereocenters. The number of allylic oxidation sites excluding steroid dienone is 1. The molecule has 0 radical (unpaired) electrons. The van der Waals surface area contributed by atoms with E-state index >= 15 is 0 Å². The molecule has 1 aromatic rings. The van der Waals surface area contributed by atoms with Crippen LogP contribution in [0.4, 0.5) is 10.5 Å². The summed E-state index contributed by atoms with van der Waals surface area (Å²) in [4.78, 5) is 22.7. The van der Waals surface area contributed by atoms with Crippen LogP contribution in [0.1, 0.15) is 45.6 Å². The molecule has 0 aliphatic rings. The van der Waals surface area contributed by atoms with E-state index in [0.717, 1.165) is 28.4 Å². The van der Waals surface area contributed by atoms with Crippen LogP contribution >= 0.6 is 22.6 Å². The number of carbonyl (C=O) groups excluding carboxylic acids is 2. The minimum Gasteiger partial charge on any atom is -0.450 e. The van der Waals surface area contributed by atoms with Crippen molar-refractivity contribution < 1.29 is 19.1 Å². The average Bonchev–Trinajstić information content (AvgIpc) is 2.51. The number of amides is 1. The molecule has 23 heavy (non-hydrogen) atoms. The van der Waals surface area contributed by atoms with Gasteiger partial charge in [0, 0.05) is 21.8 Å². The van der Waals surface area contributed by atoms with Crippen molar-refractivity contribution in [1.82, 2.24) is 0 Å². The van der Waals surface area contributed by atoms with Crippen molar-refractivity contribution in [2.75, 3.05) is 11.9 Å². The smallest absolute Gasteiger partial charge is 0.411 e. The first-order valence-corrected chi connectivity index (χ1v) is 8.67. The van der Waals surface area contributed by atoms with E-state index in [0.29, 0.717) is 18.1 Å². The normalized spacial score (nSPS) is 11.5. The van der Waals surface area contributed by atoms with Crippen molar-refractivity contribution in [3.63, 3.8) is 0 Å². The summed E-state index contributed by atoms with van der Waals surface area (Å²) in [5.74, 6) is 0.230. The number of unbranched alkanes of at least 4 members (excludes halogenated alkanes) is 1. The molecular weight excluding hydrogens is 409 g/mol. The molecule has 1 rings (SSSR count). The summed E-state index contributed by atoms with van der Waals surface area (Å²) in [6, 6.07) is 7.12. The Bertz CT molecular complexity index is 566. The zero-order valence-electron chi connectivity index (χ0n) is 13.6. The Morgan fingerprint density at radius 3 is 2.35 bits per heavy atom. The summed E-state index contributed by atoms with van der Waals surface area (Å²) in [5.41, 5.74) is 1.42. The van der Waals surface area contributed by atoms with Crippen LogP contribution in [0.5, 0.6) is 0 Å². The quantitative estimate of drug-likeness (QED) is 0.370. The molecular formula is C17H22INO4.